The highest BCUT2D eigenvalue weighted by Crippen LogP contribution is 2.35. The van der Waals surface area contributed by atoms with Crippen LogP contribution in [0.25, 0.3) is 0 Å². The molecule has 0 spiro atoms. The summed E-state index contributed by atoms with van der Waals surface area (Å²) in [5.41, 5.74) is 2.87. The van der Waals surface area contributed by atoms with E-state index in [1.807, 2.05) is 13.0 Å². The minimum absolute atomic E-state index is 0.173. The summed E-state index contributed by atoms with van der Waals surface area (Å²) in [6, 6.07) is 6.64. The molecule has 0 radical (unpaired) electrons. The minimum atomic E-state index is 0.173. The highest BCUT2D eigenvalue weighted by atomic mass is 16.5. The van der Waals surface area contributed by atoms with Crippen molar-refractivity contribution in [2.24, 2.45) is 0 Å². The first-order valence-corrected chi connectivity index (χ1v) is 7.32. The lowest BCUT2D eigenvalue weighted by Crippen LogP contribution is -2.13. The Balaban J connectivity index is 3.24. The van der Waals surface area contributed by atoms with E-state index in [2.05, 4.69) is 52.5 Å². The van der Waals surface area contributed by atoms with Crippen LogP contribution in [0.2, 0.25) is 0 Å². The van der Waals surface area contributed by atoms with Gasteiger partial charge in [0.2, 0.25) is 0 Å². The Bertz CT molecular complexity index is 412. The van der Waals surface area contributed by atoms with Gasteiger partial charge in [-0.05, 0) is 48.3 Å². The first-order valence-electron chi connectivity index (χ1n) is 7.32. The summed E-state index contributed by atoms with van der Waals surface area (Å²) in [5, 5.41) is 0. The van der Waals surface area contributed by atoms with Gasteiger partial charge < -0.3 is 4.74 Å². The normalized spacial score (nSPS) is 13.1. The van der Waals surface area contributed by atoms with Gasteiger partial charge in [-0.15, -0.1) is 6.58 Å². The van der Waals surface area contributed by atoms with Crippen molar-refractivity contribution in [2.45, 2.75) is 58.8 Å². The fourth-order valence-electron chi connectivity index (χ4n) is 2.34. The van der Waals surface area contributed by atoms with E-state index in [0.717, 1.165) is 18.6 Å². The molecule has 0 amide bonds. The summed E-state index contributed by atoms with van der Waals surface area (Å²) in [6.45, 7) is 15.6. The van der Waals surface area contributed by atoms with Gasteiger partial charge in [0.15, 0.2) is 0 Å². The van der Waals surface area contributed by atoms with E-state index in [9.17, 15) is 0 Å². The topological polar surface area (TPSA) is 9.23 Å². The predicted octanol–water partition coefficient (Wildman–Crippen LogP) is 5.45. The molecule has 1 heteroatoms. The maximum atomic E-state index is 5.80. The van der Waals surface area contributed by atoms with Gasteiger partial charge in [-0.3, -0.25) is 0 Å². The summed E-state index contributed by atoms with van der Waals surface area (Å²) in [4.78, 5) is 0. The van der Waals surface area contributed by atoms with Crippen molar-refractivity contribution >= 4 is 0 Å². The lowest BCUT2D eigenvalue weighted by molar-refractivity contribution is 0.333. The summed E-state index contributed by atoms with van der Waals surface area (Å²) in [6.07, 6.45) is 4.12. The molecule has 0 aliphatic rings. The molecular formula is C18H28O. The number of allylic oxidation sites excluding steroid dienone is 1. The van der Waals surface area contributed by atoms with Gasteiger partial charge in [0.05, 0.1) is 6.61 Å². The van der Waals surface area contributed by atoms with Crippen molar-refractivity contribution < 1.29 is 4.74 Å². The van der Waals surface area contributed by atoms with E-state index in [-0.39, 0.29) is 5.41 Å². The summed E-state index contributed by atoms with van der Waals surface area (Å²) >= 11 is 0. The zero-order valence-corrected chi connectivity index (χ0v) is 13.1. The highest BCUT2D eigenvalue weighted by molar-refractivity contribution is 5.42. The average molecular weight is 260 g/mol. The third-order valence-corrected chi connectivity index (χ3v) is 3.56. The van der Waals surface area contributed by atoms with Gasteiger partial charge >= 0.3 is 0 Å². The molecular weight excluding hydrogens is 232 g/mol. The molecule has 0 bridgehead atoms. The van der Waals surface area contributed by atoms with E-state index < -0.39 is 0 Å². The quantitative estimate of drug-likeness (QED) is 0.618. The minimum Gasteiger partial charge on any atom is -0.494 e. The average Bonchev–Trinajstić information content (AvgIpc) is 2.36. The van der Waals surface area contributed by atoms with Crippen LogP contribution >= 0.6 is 0 Å². The molecule has 0 saturated heterocycles. The number of ether oxygens (including phenoxy) is 1. The molecule has 0 aliphatic carbocycles. The Kier molecular flexibility index (Phi) is 5.65. The molecule has 106 valence electrons. The molecule has 0 fully saturated rings. The first-order chi connectivity index (χ1) is 8.93. The van der Waals surface area contributed by atoms with Crippen molar-refractivity contribution in [3.8, 4) is 5.75 Å². The molecule has 1 atom stereocenters. The molecule has 0 aliphatic heterocycles. The molecule has 1 unspecified atom stereocenters. The lowest BCUT2D eigenvalue weighted by Gasteiger charge is -2.24. The fourth-order valence-corrected chi connectivity index (χ4v) is 2.34. The van der Waals surface area contributed by atoms with Gasteiger partial charge in [0, 0.05) is 0 Å². The van der Waals surface area contributed by atoms with Gasteiger partial charge in [-0.2, -0.15) is 0 Å². The van der Waals surface area contributed by atoms with Crippen LogP contribution in [0.3, 0.4) is 0 Å². The number of hydrogen-bond donors (Lipinski definition) is 0. The summed E-state index contributed by atoms with van der Waals surface area (Å²) in [5.74, 6) is 1.53. The number of rotatable bonds is 6. The standard InChI is InChI=1S/C18H28O/c1-7-10-14(8-2)16-13-15(18(4,5)6)11-12-17(16)19-9-3/h7,11-14H,1,8-10H2,2-6H3. The second-order valence-corrected chi connectivity index (χ2v) is 6.07. The van der Waals surface area contributed by atoms with Crippen molar-refractivity contribution in [2.75, 3.05) is 6.61 Å². The van der Waals surface area contributed by atoms with E-state index in [0.29, 0.717) is 12.5 Å². The van der Waals surface area contributed by atoms with E-state index >= 15 is 0 Å². The van der Waals surface area contributed by atoms with Crippen LogP contribution in [-0.4, -0.2) is 6.61 Å². The Morgan fingerprint density at radius 3 is 2.42 bits per heavy atom. The van der Waals surface area contributed by atoms with Crippen molar-refractivity contribution in [1.82, 2.24) is 0 Å². The molecule has 19 heavy (non-hydrogen) atoms. The monoisotopic (exact) mass is 260 g/mol. The molecule has 0 heterocycles. The summed E-state index contributed by atoms with van der Waals surface area (Å²) < 4.78 is 5.80. The van der Waals surface area contributed by atoms with Gasteiger partial charge in [-0.1, -0.05) is 45.9 Å². The molecule has 1 aromatic rings. The van der Waals surface area contributed by atoms with E-state index in [4.69, 9.17) is 4.74 Å². The van der Waals surface area contributed by atoms with E-state index in [1.54, 1.807) is 0 Å². The molecule has 0 N–H and O–H groups in total. The Labute approximate surface area is 118 Å². The fraction of sp³-hybridized carbons (Fsp3) is 0.556. The SMILES string of the molecule is C=CCC(CC)c1cc(C(C)(C)C)ccc1OCC. The third kappa shape index (κ3) is 4.12. The maximum Gasteiger partial charge on any atom is 0.122 e. The zero-order valence-electron chi connectivity index (χ0n) is 13.1. The van der Waals surface area contributed by atoms with Crippen molar-refractivity contribution in [3.05, 3.63) is 42.0 Å². The number of hydrogen-bond acceptors (Lipinski definition) is 1. The third-order valence-electron chi connectivity index (χ3n) is 3.56. The van der Waals surface area contributed by atoms with Crippen LogP contribution in [0.5, 0.6) is 5.75 Å². The molecule has 0 saturated carbocycles. The van der Waals surface area contributed by atoms with Crippen LogP contribution in [0.15, 0.2) is 30.9 Å². The van der Waals surface area contributed by atoms with Crippen LogP contribution in [0.4, 0.5) is 0 Å². The smallest absolute Gasteiger partial charge is 0.122 e. The molecule has 1 rings (SSSR count). The van der Waals surface area contributed by atoms with Gasteiger partial charge in [0.1, 0.15) is 5.75 Å². The zero-order chi connectivity index (χ0) is 14.5. The maximum absolute atomic E-state index is 5.80. The molecule has 0 aromatic heterocycles. The highest BCUT2D eigenvalue weighted by Gasteiger charge is 2.19. The van der Waals surface area contributed by atoms with Crippen molar-refractivity contribution in [1.29, 1.82) is 0 Å². The summed E-state index contributed by atoms with van der Waals surface area (Å²) in [7, 11) is 0. The Hall–Kier alpha value is -1.24. The van der Waals surface area contributed by atoms with E-state index in [1.165, 1.54) is 11.1 Å². The molecule has 1 nitrogen and oxygen atoms in total. The van der Waals surface area contributed by atoms with Gasteiger partial charge in [-0.25, -0.2) is 0 Å². The lowest BCUT2D eigenvalue weighted by atomic mass is 9.83. The Morgan fingerprint density at radius 2 is 1.95 bits per heavy atom. The van der Waals surface area contributed by atoms with Crippen LogP contribution in [0.1, 0.15) is 64.5 Å². The Morgan fingerprint density at radius 1 is 1.26 bits per heavy atom. The first kappa shape index (κ1) is 15.8. The number of benzene rings is 1. The molecule has 1 aromatic carbocycles. The van der Waals surface area contributed by atoms with Gasteiger partial charge in [0.25, 0.3) is 0 Å². The van der Waals surface area contributed by atoms with Crippen LogP contribution < -0.4 is 4.74 Å². The van der Waals surface area contributed by atoms with Crippen LogP contribution in [-0.2, 0) is 5.41 Å². The van der Waals surface area contributed by atoms with Crippen molar-refractivity contribution in [3.63, 3.8) is 0 Å². The van der Waals surface area contributed by atoms with Crippen LogP contribution in [0, 0.1) is 0 Å². The second-order valence-electron chi connectivity index (χ2n) is 6.07. The largest absolute Gasteiger partial charge is 0.494 e. The second kappa shape index (κ2) is 6.79. The predicted molar refractivity (Wildman–Crippen MR) is 84.2 cm³/mol.